The van der Waals surface area contributed by atoms with E-state index >= 15 is 0 Å². The first-order valence-electron chi connectivity index (χ1n) is 6.30. The van der Waals surface area contributed by atoms with E-state index in [4.69, 9.17) is 0 Å². The Labute approximate surface area is 106 Å². The zero-order chi connectivity index (χ0) is 13.8. The van der Waals surface area contributed by atoms with Gasteiger partial charge in [0, 0.05) is 6.42 Å². The minimum absolute atomic E-state index is 0.000201. The lowest BCUT2D eigenvalue weighted by molar-refractivity contribution is -0.174. The van der Waals surface area contributed by atoms with Crippen LogP contribution in [0, 0.1) is 0 Å². The molecule has 0 saturated heterocycles. The summed E-state index contributed by atoms with van der Waals surface area (Å²) in [6, 6.07) is 0. The van der Waals surface area contributed by atoms with Crippen LogP contribution < -0.4 is 0 Å². The predicted octanol–water partition coefficient (Wildman–Crippen LogP) is 4.40. The third kappa shape index (κ3) is 10.2. The molecule has 0 rings (SSSR count). The maximum Gasteiger partial charge on any atom is 0.308 e. The van der Waals surface area contributed by atoms with Gasteiger partial charge < -0.3 is 4.74 Å². The minimum atomic E-state index is -3.26. The summed E-state index contributed by atoms with van der Waals surface area (Å²) in [5.41, 5.74) is 0. The molecule has 1 atom stereocenters. The summed E-state index contributed by atoms with van der Waals surface area (Å²) in [6.07, 6.45) is 2.51. The highest BCUT2D eigenvalue weighted by atomic mass is 19.3. The van der Waals surface area contributed by atoms with Crippen molar-refractivity contribution in [3.8, 4) is 0 Å². The molecule has 0 aromatic heterocycles. The number of unbranched alkanes of at least 4 members (excludes halogenated alkanes) is 6. The number of rotatable bonds is 11. The number of carbonyl (C=O) groups excluding carboxylic acids is 1. The molecule has 1 unspecified atom stereocenters. The number of hydrogen-bond donors (Lipinski definition) is 0. The zero-order valence-electron chi connectivity index (χ0n) is 10.5. The van der Waals surface area contributed by atoms with Crippen molar-refractivity contribution < 1.29 is 22.7 Å². The molecule has 0 heterocycles. The van der Waals surface area contributed by atoms with Crippen molar-refractivity contribution in [2.24, 2.45) is 0 Å². The molecule has 0 aliphatic carbocycles. The Hall–Kier alpha value is -1.00. The molecule has 0 fully saturated rings. The standard InChI is InChI=1S/C13H21F3O2/c1-2-3-4-5-6-7-8-9-10-11(17)18-13(16)12(14)15/h2,12-13H,1,3-10H2. The van der Waals surface area contributed by atoms with Gasteiger partial charge in [-0.2, -0.15) is 4.39 Å². The Bertz CT molecular complexity index is 232. The smallest absolute Gasteiger partial charge is 0.308 e. The summed E-state index contributed by atoms with van der Waals surface area (Å²) < 4.78 is 39.7. The molecule has 106 valence electrons. The molecule has 18 heavy (non-hydrogen) atoms. The monoisotopic (exact) mass is 266 g/mol. The van der Waals surface area contributed by atoms with E-state index in [1.54, 1.807) is 0 Å². The Morgan fingerprint density at radius 1 is 1.06 bits per heavy atom. The molecule has 0 saturated carbocycles. The SMILES string of the molecule is C=CCCCCCCCCC(=O)OC(F)C(F)F. The van der Waals surface area contributed by atoms with Crippen molar-refractivity contribution in [3.05, 3.63) is 12.7 Å². The van der Waals surface area contributed by atoms with Crippen molar-refractivity contribution in [1.29, 1.82) is 0 Å². The summed E-state index contributed by atoms with van der Waals surface area (Å²) in [5.74, 6) is -0.894. The van der Waals surface area contributed by atoms with E-state index < -0.39 is 18.8 Å². The second kappa shape index (κ2) is 11.1. The topological polar surface area (TPSA) is 26.3 Å². The molecule has 0 amide bonds. The number of carbonyl (C=O) groups is 1. The molecule has 0 N–H and O–H groups in total. The van der Waals surface area contributed by atoms with Crippen LogP contribution in [0.2, 0.25) is 0 Å². The van der Waals surface area contributed by atoms with E-state index in [9.17, 15) is 18.0 Å². The van der Waals surface area contributed by atoms with E-state index in [2.05, 4.69) is 11.3 Å². The molecule has 0 aromatic rings. The third-order valence-corrected chi connectivity index (χ3v) is 2.48. The predicted molar refractivity (Wildman–Crippen MR) is 64.1 cm³/mol. The van der Waals surface area contributed by atoms with Crippen molar-refractivity contribution in [2.75, 3.05) is 0 Å². The van der Waals surface area contributed by atoms with Gasteiger partial charge in [-0.3, -0.25) is 4.79 Å². The fourth-order valence-corrected chi connectivity index (χ4v) is 1.50. The Morgan fingerprint density at radius 2 is 1.61 bits per heavy atom. The van der Waals surface area contributed by atoms with Crippen LogP contribution in [-0.4, -0.2) is 18.8 Å². The summed E-state index contributed by atoms with van der Waals surface area (Å²) in [4.78, 5) is 10.9. The van der Waals surface area contributed by atoms with Gasteiger partial charge in [-0.05, 0) is 19.3 Å². The normalized spacial score (nSPS) is 12.4. The van der Waals surface area contributed by atoms with E-state index in [0.717, 1.165) is 38.5 Å². The van der Waals surface area contributed by atoms with Gasteiger partial charge in [0.2, 0.25) is 0 Å². The van der Waals surface area contributed by atoms with Gasteiger partial charge >= 0.3 is 18.8 Å². The maximum absolute atomic E-state index is 12.3. The van der Waals surface area contributed by atoms with E-state index in [0.29, 0.717) is 6.42 Å². The molecule has 0 radical (unpaired) electrons. The van der Waals surface area contributed by atoms with Crippen molar-refractivity contribution in [1.82, 2.24) is 0 Å². The number of alkyl halides is 3. The first kappa shape index (κ1) is 17.0. The third-order valence-electron chi connectivity index (χ3n) is 2.48. The molecule has 0 aromatic carbocycles. The maximum atomic E-state index is 12.3. The summed E-state index contributed by atoms with van der Waals surface area (Å²) in [5, 5.41) is 0. The molecule has 0 aliphatic heterocycles. The van der Waals surface area contributed by atoms with Crippen LogP contribution in [-0.2, 0) is 9.53 Å². The lowest BCUT2D eigenvalue weighted by Crippen LogP contribution is -2.20. The molecule has 2 nitrogen and oxygen atoms in total. The molecular formula is C13H21F3O2. The highest BCUT2D eigenvalue weighted by molar-refractivity contribution is 5.69. The Kier molecular flexibility index (Phi) is 10.5. The summed E-state index contributed by atoms with van der Waals surface area (Å²) in [6.45, 7) is 3.63. The van der Waals surface area contributed by atoms with Crippen LogP contribution >= 0.6 is 0 Å². The minimum Gasteiger partial charge on any atom is -0.425 e. The van der Waals surface area contributed by atoms with E-state index in [1.807, 2.05) is 6.08 Å². The van der Waals surface area contributed by atoms with Gasteiger partial charge in [0.25, 0.3) is 0 Å². The van der Waals surface area contributed by atoms with Crippen molar-refractivity contribution in [2.45, 2.75) is 64.1 Å². The second-order valence-corrected chi connectivity index (χ2v) is 4.12. The van der Waals surface area contributed by atoms with Crippen molar-refractivity contribution >= 4 is 5.97 Å². The average Bonchev–Trinajstić information content (AvgIpc) is 2.32. The van der Waals surface area contributed by atoms with Crippen LogP contribution in [0.15, 0.2) is 12.7 Å². The zero-order valence-corrected chi connectivity index (χ0v) is 10.5. The second-order valence-electron chi connectivity index (χ2n) is 4.12. The van der Waals surface area contributed by atoms with E-state index in [-0.39, 0.29) is 6.42 Å². The van der Waals surface area contributed by atoms with Crippen LogP contribution in [0.25, 0.3) is 0 Å². The number of hydrogen-bond acceptors (Lipinski definition) is 2. The molecular weight excluding hydrogens is 245 g/mol. The number of ether oxygens (including phenoxy) is 1. The van der Waals surface area contributed by atoms with Gasteiger partial charge in [0.1, 0.15) is 0 Å². The Balaban J connectivity index is 3.33. The van der Waals surface area contributed by atoms with Gasteiger partial charge in [-0.1, -0.05) is 31.8 Å². The summed E-state index contributed by atoms with van der Waals surface area (Å²) in [7, 11) is 0. The van der Waals surface area contributed by atoms with Gasteiger partial charge in [0.05, 0.1) is 0 Å². The molecule has 0 spiro atoms. The fraction of sp³-hybridized carbons (Fsp3) is 0.769. The van der Waals surface area contributed by atoms with Gasteiger partial charge in [0.15, 0.2) is 0 Å². The van der Waals surface area contributed by atoms with Crippen LogP contribution in [0.4, 0.5) is 13.2 Å². The largest absolute Gasteiger partial charge is 0.425 e. The molecule has 0 bridgehead atoms. The van der Waals surface area contributed by atoms with Crippen LogP contribution in [0.3, 0.4) is 0 Å². The quantitative estimate of drug-likeness (QED) is 0.315. The average molecular weight is 266 g/mol. The van der Waals surface area contributed by atoms with Crippen LogP contribution in [0.1, 0.15) is 51.4 Å². The lowest BCUT2D eigenvalue weighted by Gasteiger charge is -2.08. The van der Waals surface area contributed by atoms with E-state index in [1.165, 1.54) is 0 Å². The number of allylic oxidation sites excluding steroid dienone is 1. The first-order chi connectivity index (χ1) is 8.57. The fourth-order valence-electron chi connectivity index (χ4n) is 1.50. The van der Waals surface area contributed by atoms with Gasteiger partial charge in [-0.25, -0.2) is 8.78 Å². The molecule has 5 heteroatoms. The number of esters is 1. The van der Waals surface area contributed by atoms with Gasteiger partial charge in [-0.15, -0.1) is 6.58 Å². The lowest BCUT2D eigenvalue weighted by atomic mass is 10.1. The highest BCUT2D eigenvalue weighted by Crippen LogP contribution is 2.11. The van der Waals surface area contributed by atoms with Crippen LogP contribution in [0.5, 0.6) is 0 Å². The van der Waals surface area contributed by atoms with Crippen molar-refractivity contribution in [3.63, 3.8) is 0 Å². The summed E-state index contributed by atoms with van der Waals surface area (Å²) >= 11 is 0. The molecule has 0 aliphatic rings. The number of halogens is 3. The Morgan fingerprint density at radius 3 is 2.17 bits per heavy atom. The highest BCUT2D eigenvalue weighted by Gasteiger charge is 2.22. The first-order valence-corrected chi connectivity index (χ1v) is 6.30.